The smallest absolute Gasteiger partial charge is 0.222 e. The summed E-state index contributed by atoms with van der Waals surface area (Å²) in [5, 5.41) is 0. The van der Waals surface area contributed by atoms with E-state index in [9.17, 15) is 13.2 Å². The highest BCUT2D eigenvalue weighted by Gasteiger charge is 2.28. The van der Waals surface area contributed by atoms with E-state index in [0.29, 0.717) is 32.5 Å². The van der Waals surface area contributed by atoms with Crippen molar-refractivity contribution in [1.29, 1.82) is 0 Å². The first-order chi connectivity index (χ1) is 12.4. The second kappa shape index (κ2) is 10.0. The first-order valence-electron chi connectivity index (χ1n) is 9.54. The van der Waals surface area contributed by atoms with Crippen LogP contribution in [0.1, 0.15) is 44.7 Å². The van der Waals surface area contributed by atoms with Gasteiger partial charge in [-0.25, -0.2) is 12.7 Å². The molecule has 0 saturated carbocycles. The van der Waals surface area contributed by atoms with Crippen LogP contribution in [0.5, 0.6) is 0 Å². The lowest BCUT2D eigenvalue weighted by atomic mass is 9.94. The average molecular weight is 382 g/mol. The maximum atomic E-state index is 12.4. The number of rotatable bonds is 9. The second-order valence-corrected chi connectivity index (χ2v) is 9.20. The van der Waals surface area contributed by atoms with E-state index in [1.165, 1.54) is 0 Å². The van der Waals surface area contributed by atoms with Gasteiger partial charge in [-0.3, -0.25) is 9.78 Å². The van der Waals surface area contributed by atoms with Crippen LogP contribution in [0.2, 0.25) is 0 Å². The summed E-state index contributed by atoms with van der Waals surface area (Å²) >= 11 is 0. The summed E-state index contributed by atoms with van der Waals surface area (Å²) < 4.78 is 26.1. The van der Waals surface area contributed by atoms with Crippen molar-refractivity contribution >= 4 is 15.9 Å². The summed E-state index contributed by atoms with van der Waals surface area (Å²) in [6, 6.07) is 5.80. The zero-order valence-corrected chi connectivity index (χ0v) is 16.7. The molecular weight excluding hydrogens is 350 g/mol. The van der Waals surface area contributed by atoms with E-state index < -0.39 is 10.0 Å². The number of piperidine rings is 1. The number of nitrogens with zero attached hydrogens (tertiary/aromatic N) is 3. The zero-order chi connectivity index (χ0) is 19.0. The van der Waals surface area contributed by atoms with Gasteiger partial charge in [0.15, 0.2) is 0 Å². The molecule has 0 aliphatic carbocycles. The number of hydrogen-bond donors (Lipinski definition) is 0. The predicted octanol–water partition coefficient (Wildman–Crippen LogP) is 2.31. The van der Waals surface area contributed by atoms with Crippen LogP contribution < -0.4 is 0 Å². The van der Waals surface area contributed by atoms with Gasteiger partial charge in [0.2, 0.25) is 15.9 Å². The summed E-state index contributed by atoms with van der Waals surface area (Å²) in [4.78, 5) is 18.4. The Morgan fingerprint density at radius 1 is 1.38 bits per heavy atom. The predicted molar refractivity (Wildman–Crippen MR) is 103 cm³/mol. The van der Waals surface area contributed by atoms with Crippen molar-refractivity contribution < 1.29 is 13.2 Å². The minimum Gasteiger partial charge on any atom is -0.345 e. The molecule has 0 aromatic carbocycles. The van der Waals surface area contributed by atoms with Crippen LogP contribution in [0.3, 0.4) is 0 Å². The quantitative estimate of drug-likeness (QED) is 0.658. The largest absolute Gasteiger partial charge is 0.345 e. The molecule has 0 N–H and O–H groups in total. The van der Waals surface area contributed by atoms with E-state index in [-0.39, 0.29) is 17.6 Å². The van der Waals surface area contributed by atoms with Crippen molar-refractivity contribution in [3.63, 3.8) is 0 Å². The molecule has 1 saturated heterocycles. The fraction of sp³-hybridized carbons (Fsp3) is 0.684. The first kappa shape index (κ1) is 20.8. The molecule has 7 heteroatoms. The monoisotopic (exact) mass is 381 g/mol. The number of hydrogen-bond acceptors (Lipinski definition) is 4. The number of carbonyl (C=O) groups excluding carboxylic acids is 1. The molecule has 6 nitrogen and oxygen atoms in total. The number of aromatic nitrogens is 1. The maximum Gasteiger partial charge on any atom is 0.222 e. The number of amides is 1. The zero-order valence-electron chi connectivity index (χ0n) is 15.9. The van der Waals surface area contributed by atoms with Crippen LogP contribution in [0.25, 0.3) is 0 Å². The Kier molecular flexibility index (Phi) is 8.03. The van der Waals surface area contributed by atoms with Gasteiger partial charge >= 0.3 is 0 Å². The SMILES string of the molecule is CCCS(=O)(=O)N1CCC[C@@H](CCC(=O)N(C)CCc2ccccn2)C1. The van der Waals surface area contributed by atoms with Gasteiger partial charge in [-0.05, 0) is 43.7 Å². The van der Waals surface area contributed by atoms with E-state index in [1.54, 1.807) is 15.4 Å². The molecule has 2 heterocycles. The lowest BCUT2D eigenvalue weighted by Gasteiger charge is -2.32. The van der Waals surface area contributed by atoms with Crippen LogP contribution in [0.15, 0.2) is 24.4 Å². The Balaban J connectivity index is 1.75. The topological polar surface area (TPSA) is 70.6 Å². The van der Waals surface area contributed by atoms with Gasteiger partial charge in [-0.1, -0.05) is 13.0 Å². The molecule has 2 rings (SSSR count). The third-order valence-corrected chi connectivity index (χ3v) is 7.00. The van der Waals surface area contributed by atoms with Crippen LogP contribution >= 0.6 is 0 Å². The Morgan fingerprint density at radius 3 is 2.88 bits per heavy atom. The van der Waals surface area contributed by atoms with E-state index in [1.807, 2.05) is 32.2 Å². The molecule has 1 aliphatic heterocycles. The van der Waals surface area contributed by atoms with Crippen molar-refractivity contribution in [2.24, 2.45) is 5.92 Å². The molecule has 0 spiro atoms. The van der Waals surface area contributed by atoms with E-state index in [2.05, 4.69) is 4.98 Å². The molecule has 1 aliphatic rings. The van der Waals surface area contributed by atoms with Gasteiger partial charge in [0.05, 0.1) is 5.75 Å². The minimum atomic E-state index is -3.13. The van der Waals surface area contributed by atoms with Gasteiger partial charge < -0.3 is 4.90 Å². The van der Waals surface area contributed by atoms with Gasteiger partial charge in [0, 0.05) is 51.4 Å². The first-order valence-corrected chi connectivity index (χ1v) is 11.1. The summed E-state index contributed by atoms with van der Waals surface area (Å²) in [5.41, 5.74) is 0.983. The fourth-order valence-corrected chi connectivity index (χ4v) is 4.99. The number of pyridine rings is 1. The highest BCUT2D eigenvalue weighted by atomic mass is 32.2. The van der Waals surface area contributed by atoms with Gasteiger partial charge in [-0.15, -0.1) is 0 Å². The molecular formula is C19H31N3O3S. The maximum absolute atomic E-state index is 12.4. The van der Waals surface area contributed by atoms with Crippen molar-refractivity contribution in [2.75, 3.05) is 32.4 Å². The van der Waals surface area contributed by atoms with Crippen LogP contribution in [0.4, 0.5) is 0 Å². The van der Waals surface area contributed by atoms with E-state index in [4.69, 9.17) is 0 Å². The van der Waals surface area contributed by atoms with Gasteiger partial charge in [0.1, 0.15) is 0 Å². The Labute approximate surface area is 157 Å². The third-order valence-electron chi connectivity index (χ3n) is 4.96. The van der Waals surface area contributed by atoms with E-state index in [0.717, 1.165) is 31.4 Å². The summed E-state index contributed by atoms with van der Waals surface area (Å²) in [5.74, 6) is 0.618. The minimum absolute atomic E-state index is 0.120. The van der Waals surface area contributed by atoms with Gasteiger partial charge in [-0.2, -0.15) is 0 Å². The van der Waals surface area contributed by atoms with Crippen LogP contribution in [0, 0.1) is 5.92 Å². The van der Waals surface area contributed by atoms with Crippen LogP contribution in [-0.2, 0) is 21.2 Å². The number of sulfonamides is 1. The highest BCUT2D eigenvalue weighted by molar-refractivity contribution is 7.89. The van der Waals surface area contributed by atoms with E-state index >= 15 is 0 Å². The Hall–Kier alpha value is -1.47. The second-order valence-electron chi connectivity index (χ2n) is 7.11. The summed E-state index contributed by atoms with van der Waals surface area (Å²) in [6.07, 6.45) is 6.27. The van der Waals surface area contributed by atoms with Crippen LogP contribution in [-0.4, -0.2) is 60.9 Å². The molecule has 1 aromatic rings. The summed E-state index contributed by atoms with van der Waals surface area (Å²) in [7, 11) is -1.31. The fourth-order valence-electron chi connectivity index (χ4n) is 3.37. The molecule has 0 unspecified atom stereocenters. The standard InChI is InChI=1S/C19H31N3O3S/c1-3-15-26(24,25)22-13-6-7-17(16-22)9-10-19(23)21(2)14-11-18-8-4-5-12-20-18/h4-5,8,12,17H,3,6-7,9-11,13-16H2,1-2H3/t17-/m0/s1. The average Bonchev–Trinajstić information content (AvgIpc) is 2.65. The molecule has 1 fully saturated rings. The highest BCUT2D eigenvalue weighted by Crippen LogP contribution is 2.23. The molecule has 26 heavy (non-hydrogen) atoms. The molecule has 146 valence electrons. The van der Waals surface area contributed by atoms with Crippen molar-refractivity contribution in [2.45, 2.75) is 45.4 Å². The molecule has 1 amide bonds. The van der Waals surface area contributed by atoms with Crippen molar-refractivity contribution in [3.8, 4) is 0 Å². The Bertz CT molecular complexity index is 664. The third kappa shape index (κ3) is 6.36. The molecule has 0 bridgehead atoms. The number of carbonyl (C=O) groups is 1. The number of likely N-dealkylation sites (N-methyl/N-ethyl adjacent to an activating group) is 1. The normalized spacial score (nSPS) is 18.6. The van der Waals surface area contributed by atoms with Crippen molar-refractivity contribution in [1.82, 2.24) is 14.2 Å². The summed E-state index contributed by atoms with van der Waals surface area (Å²) in [6.45, 7) is 3.72. The van der Waals surface area contributed by atoms with Gasteiger partial charge in [0.25, 0.3) is 0 Å². The molecule has 0 radical (unpaired) electrons. The molecule has 1 aromatic heterocycles. The molecule has 1 atom stereocenters. The lowest BCUT2D eigenvalue weighted by Crippen LogP contribution is -2.41. The van der Waals surface area contributed by atoms with Crippen molar-refractivity contribution in [3.05, 3.63) is 30.1 Å². The Morgan fingerprint density at radius 2 is 2.19 bits per heavy atom. The lowest BCUT2D eigenvalue weighted by molar-refractivity contribution is -0.130.